The lowest BCUT2D eigenvalue weighted by Gasteiger charge is -1.96. The average Bonchev–Trinajstić information content (AvgIpc) is 2.06. The van der Waals surface area contributed by atoms with Crippen molar-refractivity contribution in [2.75, 3.05) is 0 Å². The zero-order chi connectivity index (χ0) is 7.68. The minimum absolute atomic E-state index is 0.942. The van der Waals surface area contributed by atoms with Crippen LogP contribution in [0.2, 0.25) is 0 Å². The summed E-state index contributed by atoms with van der Waals surface area (Å²) in [6.45, 7) is 0. The summed E-state index contributed by atoms with van der Waals surface area (Å²) in [6.07, 6.45) is 3.45. The van der Waals surface area contributed by atoms with Crippen LogP contribution in [0, 0.1) is 0 Å². The van der Waals surface area contributed by atoms with E-state index in [9.17, 15) is 0 Å². The SMILES string of the molecule is Sc1cccc2cnncc12. The minimum atomic E-state index is 0.942. The zero-order valence-corrected chi connectivity index (χ0v) is 6.62. The topological polar surface area (TPSA) is 25.8 Å². The molecule has 0 saturated heterocycles. The molecule has 0 spiro atoms. The normalized spacial score (nSPS) is 10.3. The maximum Gasteiger partial charge on any atom is 0.0585 e. The summed E-state index contributed by atoms with van der Waals surface area (Å²) in [5.41, 5.74) is 0. The van der Waals surface area contributed by atoms with E-state index in [1.165, 1.54) is 0 Å². The third-order valence-corrected chi connectivity index (χ3v) is 1.96. The van der Waals surface area contributed by atoms with Crippen molar-refractivity contribution < 1.29 is 0 Å². The van der Waals surface area contributed by atoms with E-state index in [1.807, 2.05) is 18.2 Å². The van der Waals surface area contributed by atoms with Crippen molar-refractivity contribution in [1.82, 2.24) is 10.2 Å². The summed E-state index contributed by atoms with van der Waals surface area (Å²) in [4.78, 5) is 0.942. The molecule has 0 bridgehead atoms. The fraction of sp³-hybridized carbons (Fsp3) is 0. The van der Waals surface area contributed by atoms with Crippen molar-refractivity contribution in [1.29, 1.82) is 0 Å². The van der Waals surface area contributed by atoms with E-state index in [1.54, 1.807) is 12.4 Å². The first kappa shape index (κ1) is 6.61. The molecule has 2 nitrogen and oxygen atoms in total. The minimum Gasteiger partial charge on any atom is -0.158 e. The summed E-state index contributed by atoms with van der Waals surface area (Å²) in [5, 5.41) is 9.67. The molecule has 2 rings (SSSR count). The highest BCUT2D eigenvalue weighted by atomic mass is 32.1. The number of fused-ring (bicyclic) bond motifs is 1. The number of hydrogen-bond donors (Lipinski definition) is 1. The van der Waals surface area contributed by atoms with Gasteiger partial charge in [0.15, 0.2) is 0 Å². The second-order valence-corrected chi connectivity index (χ2v) is 2.75. The third kappa shape index (κ3) is 1.07. The summed E-state index contributed by atoms with van der Waals surface area (Å²) in [6, 6.07) is 5.88. The maximum absolute atomic E-state index is 4.28. The van der Waals surface area contributed by atoms with Crippen LogP contribution in [0.4, 0.5) is 0 Å². The van der Waals surface area contributed by atoms with E-state index in [0.29, 0.717) is 0 Å². The summed E-state index contributed by atoms with van der Waals surface area (Å²) in [5.74, 6) is 0. The number of thiol groups is 1. The maximum atomic E-state index is 4.28. The van der Waals surface area contributed by atoms with Crippen molar-refractivity contribution in [3.8, 4) is 0 Å². The van der Waals surface area contributed by atoms with E-state index >= 15 is 0 Å². The summed E-state index contributed by atoms with van der Waals surface area (Å²) >= 11 is 4.28. The second kappa shape index (κ2) is 2.51. The van der Waals surface area contributed by atoms with Crippen LogP contribution in [0.5, 0.6) is 0 Å². The highest BCUT2D eigenvalue weighted by molar-refractivity contribution is 7.80. The van der Waals surface area contributed by atoms with Gasteiger partial charge in [-0.15, -0.1) is 12.6 Å². The van der Waals surface area contributed by atoms with E-state index in [0.717, 1.165) is 15.7 Å². The number of rotatable bonds is 0. The molecule has 0 aliphatic heterocycles. The fourth-order valence-corrected chi connectivity index (χ4v) is 1.28. The van der Waals surface area contributed by atoms with Crippen molar-refractivity contribution >= 4 is 23.4 Å². The van der Waals surface area contributed by atoms with E-state index < -0.39 is 0 Å². The summed E-state index contributed by atoms with van der Waals surface area (Å²) < 4.78 is 0. The molecule has 0 aliphatic carbocycles. The Balaban J connectivity index is 2.91. The second-order valence-electron chi connectivity index (χ2n) is 2.27. The predicted octanol–water partition coefficient (Wildman–Crippen LogP) is 1.92. The Morgan fingerprint density at radius 1 is 1.09 bits per heavy atom. The largest absolute Gasteiger partial charge is 0.158 e. The van der Waals surface area contributed by atoms with Gasteiger partial charge in [0.2, 0.25) is 0 Å². The molecule has 1 aromatic carbocycles. The Kier molecular flexibility index (Phi) is 1.51. The number of benzene rings is 1. The van der Waals surface area contributed by atoms with Gasteiger partial charge in [0, 0.05) is 15.7 Å². The van der Waals surface area contributed by atoms with Crippen LogP contribution in [0.15, 0.2) is 35.5 Å². The monoisotopic (exact) mass is 162 g/mol. The standard InChI is InChI=1S/C8H6N2S/c11-8-3-1-2-6-4-9-10-5-7(6)8/h1-5,11H. The van der Waals surface area contributed by atoms with E-state index in [4.69, 9.17) is 0 Å². The molecule has 54 valence electrons. The van der Waals surface area contributed by atoms with Crippen LogP contribution in [-0.2, 0) is 0 Å². The molecule has 0 N–H and O–H groups in total. The molecule has 0 saturated carbocycles. The van der Waals surface area contributed by atoms with Crippen molar-refractivity contribution in [3.05, 3.63) is 30.6 Å². The quantitative estimate of drug-likeness (QED) is 0.599. The first-order valence-electron chi connectivity index (χ1n) is 3.26. The molecule has 3 heteroatoms. The lowest BCUT2D eigenvalue weighted by Crippen LogP contribution is -1.80. The van der Waals surface area contributed by atoms with E-state index in [2.05, 4.69) is 22.8 Å². The van der Waals surface area contributed by atoms with Gasteiger partial charge in [-0.1, -0.05) is 12.1 Å². The van der Waals surface area contributed by atoms with Gasteiger partial charge in [-0.2, -0.15) is 10.2 Å². The third-order valence-electron chi connectivity index (χ3n) is 1.57. The smallest absolute Gasteiger partial charge is 0.0585 e. The zero-order valence-electron chi connectivity index (χ0n) is 5.73. The molecule has 1 aromatic heterocycles. The predicted molar refractivity (Wildman–Crippen MR) is 46.8 cm³/mol. The van der Waals surface area contributed by atoms with Gasteiger partial charge in [0.05, 0.1) is 12.4 Å². The molecule has 11 heavy (non-hydrogen) atoms. The lowest BCUT2D eigenvalue weighted by molar-refractivity contribution is 1.05. The van der Waals surface area contributed by atoms with Crippen LogP contribution in [-0.4, -0.2) is 10.2 Å². The molecule has 0 radical (unpaired) electrons. The fourth-order valence-electron chi connectivity index (χ4n) is 1.01. The molecule has 0 fully saturated rings. The van der Waals surface area contributed by atoms with Crippen molar-refractivity contribution in [2.45, 2.75) is 4.90 Å². The van der Waals surface area contributed by atoms with Gasteiger partial charge in [0.1, 0.15) is 0 Å². The number of aromatic nitrogens is 2. The molecule has 0 unspecified atom stereocenters. The van der Waals surface area contributed by atoms with Crippen LogP contribution in [0.3, 0.4) is 0 Å². The molecule has 1 heterocycles. The van der Waals surface area contributed by atoms with Crippen LogP contribution >= 0.6 is 12.6 Å². The van der Waals surface area contributed by atoms with Gasteiger partial charge in [0.25, 0.3) is 0 Å². The first-order chi connectivity index (χ1) is 5.38. The number of nitrogens with zero attached hydrogens (tertiary/aromatic N) is 2. The molecular formula is C8H6N2S. The van der Waals surface area contributed by atoms with Gasteiger partial charge in [-0.05, 0) is 6.07 Å². The van der Waals surface area contributed by atoms with Gasteiger partial charge in [-0.25, -0.2) is 0 Å². The van der Waals surface area contributed by atoms with Crippen molar-refractivity contribution in [2.24, 2.45) is 0 Å². The van der Waals surface area contributed by atoms with Gasteiger partial charge >= 0.3 is 0 Å². The Hall–Kier alpha value is -1.09. The molecule has 0 amide bonds. The lowest BCUT2D eigenvalue weighted by atomic mass is 10.2. The molecular weight excluding hydrogens is 156 g/mol. The highest BCUT2D eigenvalue weighted by Crippen LogP contribution is 2.18. The Morgan fingerprint density at radius 2 is 1.91 bits per heavy atom. The van der Waals surface area contributed by atoms with E-state index in [-0.39, 0.29) is 0 Å². The Morgan fingerprint density at radius 3 is 2.73 bits per heavy atom. The van der Waals surface area contributed by atoms with Crippen LogP contribution in [0.1, 0.15) is 0 Å². The molecule has 0 aliphatic rings. The van der Waals surface area contributed by atoms with Gasteiger partial charge in [-0.3, -0.25) is 0 Å². The van der Waals surface area contributed by atoms with Gasteiger partial charge < -0.3 is 0 Å². The molecule has 0 atom stereocenters. The van der Waals surface area contributed by atoms with Crippen LogP contribution in [0.25, 0.3) is 10.8 Å². The van der Waals surface area contributed by atoms with Crippen LogP contribution < -0.4 is 0 Å². The molecule has 2 aromatic rings. The Labute approximate surface area is 69.7 Å². The average molecular weight is 162 g/mol. The summed E-state index contributed by atoms with van der Waals surface area (Å²) in [7, 11) is 0. The number of hydrogen-bond acceptors (Lipinski definition) is 3. The Bertz CT molecular complexity index is 381. The van der Waals surface area contributed by atoms with Crippen molar-refractivity contribution in [3.63, 3.8) is 0 Å². The first-order valence-corrected chi connectivity index (χ1v) is 3.71. The highest BCUT2D eigenvalue weighted by Gasteiger charge is 1.94.